The summed E-state index contributed by atoms with van der Waals surface area (Å²) in [6.07, 6.45) is 4.72. The predicted molar refractivity (Wildman–Crippen MR) is 106 cm³/mol. The molecule has 2 aromatic carbocycles. The molecule has 1 aliphatic carbocycles. The third-order valence-electron chi connectivity index (χ3n) is 5.12. The molecule has 0 aromatic heterocycles. The van der Waals surface area contributed by atoms with E-state index >= 15 is 0 Å². The summed E-state index contributed by atoms with van der Waals surface area (Å²) in [6.45, 7) is 0.899. The van der Waals surface area contributed by atoms with Gasteiger partial charge in [0, 0.05) is 6.54 Å². The first-order valence-electron chi connectivity index (χ1n) is 9.51. The van der Waals surface area contributed by atoms with Crippen LogP contribution in [-0.2, 0) is 17.9 Å². The van der Waals surface area contributed by atoms with Crippen molar-refractivity contribution in [3.63, 3.8) is 0 Å². The van der Waals surface area contributed by atoms with E-state index < -0.39 is 5.54 Å². The molecule has 0 aliphatic heterocycles. The van der Waals surface area contributed by atoms with E-state index in [0.29, 0.717) is 24.7 Å². The molecule has 5 nitrogen and oxygen atoms in total. The first kappa shape index (κ1) is 19.2. The van der Waals surface area contributed by atoms with Gasteiger partial charge in [0.2, 0.25) is 5.91 Å². The molecule has 2 aromatic rings. The highest BCUT2D eigenvalue weighted by Gasteiger charge is 2.34. The van der Waals surface area contributed by atoms with Gasteiger partial charge in [-0.1, -0.05) is 55.7 Å². The molecule has 1 fully saturated rings. The molecule has 5 heteroatoms. The Balaban J connectivity index is 1.59. The molecule has 0 unspecified atom stereocenters. The van der Waals surface area contributed by atoms with Crippen molar-refractivity contribution in [3.8, 4) is 11.5 Å². The fourth-order valence-electron chi connectivity index (χ4n) is 3.44. The van der Waals surface area contributed by atoms with Crippen LogP contribution in [-0.4, -0.2) is 18.6 Å². The summed E-state index contributed by atoms with van der Waals surface area (Å²) in [5.41, 5.74) is 7.61. The summed E-state index contributed by atoms with van der Waals surface area (Å²) in [6, 6.07) is 15.7. The van der Waals surface area contributed by atoms with E-state index in [-0.39, 0.29) is 5.91 Å². The number of nitrogens with one attached hydrogen (secondary N) is 1. The number of carbonyl (C=O) groups is 1. The monoisotopic (exact) mass is 368 g/mol. The number of hydrogen-bond donors (Lipinski definition) is 2. The van der Waals surface area contributed by atoms with Gasteiger partial charge in [0.1, 0.15) is 6.61 Å². The fourth-order valence-corrected chi connectivity index (χ4v) is 3.44. The van der Waals surface area contributed by atoms with Crippen molar-refractivity contribution in [2.24, 2.45) is 5.73 Å². The molecule has 0 radical (unpaired) electrons. The summed E-state index contributed by atoms with van der Waals surface area (Å²) in [5.74, 6) is 1.27. The Kier molecular flexibility index (Phi) is 6.35. The van der Waals surface area contributed by atoms with Crippen molar-refractivity contribution in [2.45, 2.75) is 50.8 Å². The summed E-state index contributed by atoms with van der Waals surface area (Å²) in [5, 5.41) is 2.98. The van der Waals surface area contributed by atoms with Crippen LogP contribution in [0.5, 0.6) is 11.5 Å². The minimum atomic E-state index is -0.721. The zero-order valence-corrected chi connectivity index (χ0v) is 15.9. The van der Waals surface area contributed by atoms with Gasteiger partial charge in [-0.3, -0.25) is 4.79 Å². The highest BCUT2D eigenvalue weighted by molar-refractivity contribution is 5.86. The Morgan fingerprint density at radius 3 is 2.48 bits per heavy atom. The predicted octanol–water partition coefficient (Wildman–Crippen LogP) is 3.55. The van der Waals surface area contributed by atoms with E-state index in [4.69, 9.17) is 15.2 Å². The molecular weight excluding hydrogens is 340 g/mol. The molecule has 0 saturated heterocycles. The van der Waals surface area contributed by atoms with Crippen molar-refractivity contribution in [1.29, 1.82) is 0 Å². The van der Waals surface area contributed by atoms with Crippen LogP contribution >= 0.6 is 0 Å². The number of hydrogen-bond acceptors (Lipinski definition) is 4. The lowest BCUT2D eigenvalue weighted by molar-refractivity contribution is -0.127. The Hall–Kier alpha value is -2.53. The van der Waals surface area contributed by atoms with Crippen LogP contribution in [0.25, 0.3) is 0 Å². The second-order valence-electron chi connectivity index (χ2n) is 7.16. The number of amides is 1. The van der Waals surface area contributed by atoms with E-state index in [1.807, 2.05) is 48.5 Å². The zero-order valence-electron chi connectivity index (χ0n) is 15.9. The lowest BCUT2D eigenvalue weighted by atomic mass is 9.82. The maximum Gasteiger partial charge on any atom is 0.240 e. The Labute approximate surface area is 160 Å². The Bertz CT molecular complexity index is 755. The SMILES string of the molecule is COc1cc(CNC(=O)C2(N)CCCCC2)ccc1OCc1ccccc1. The van der Waals surface area contributed by atoms with E-state index in [1.165, 1.54) is 0 Å². The summed E-state index contributed by atoms with van der Waals surface area (Å²) in [7, 11) is 1.62. The largest absolute Gasteiger partial charge is 0.493 e. The number of methoxy groups -OCH3 is 1. The Morgan fingerprint density at radius 2 is 1.78 bits per heavy atom. The smallest absolute Gasteiger partial charge is 0.240 e. The average molecular weight is 368 g/mol. The van der Waals surface area contributed by atoms with Crippen molar-refractivity contribution in [2.75, 3.05) is 7.11 Å². The van der Waals surface area contributed by atoms with Gasteiger partial charge in [0.25, 0.3) is 0 Å². The molecule has 1 amide bonds. The molecule has 144 valence electrons. The molecule has 0 atom stereocenters. The molecular formula is C22H28N2O3. The topological polar surface area (TPSA) is 73.6 Å². The van der Waals surface area contributed by atoms with Gasteiger partial charge in [-0.05, 0) is 36.1 Å². The highest BCUT2D eigenvalue weighted by atomic mass is 16.5. The first-order valence-corrected chi connectivity index (χ1v) is 9.51. The maximum atomic E-state index is 12.5. The molecule has 0 bridgehead atoms. The maximum absolute atomic E-state index is 12.5. The van der Waals surface area contributed by atoms with Crippen molar-refractivity contribution in [1.82, 2.24) is 5.32 Å². The highest BCUT2D eigenvalue weighted by Crippen LogP contribution is 2.29. The minimum absolute atomic E-state index is 0.0643. The lowest BCUT2D eigenvalue weighted by Crippen LogP contribution is -2.54. The van der Waals surface area contributed by atoms with Gasteiger partial charge in [-0.15, -0.1) is 0 Å². The number of carbonyl (C=O) groups excluding carboxylic acids is 1. The van der Waals surface area contributed by atoms with Gasteiger partial charge in [-0.25, -0.2) is 0 Å². The Morgan fingerprint density at radius 1 is 1.04 bits per heavy atom. The quantitative estimate of drug-likeness (QED) is 0.784. The lowest BCUT2D eigenvalue weighted by Gasteiger charge is -2.31. The van der Waals surface area contributed by atoms with E-state index in [0.717, 1.165) is 43.2 Å². The number of ether oxygens (including phenoxy) is 2. The number of rotatable bonds is 7. The van der Waals surface area contributed by atoms with Crippen LogP contribution in [0.2, 0.25) is 0 Å². The van der Waals surface area contributed by atoms with E-state index in [9.17, 15) is 4.79 Å². The van der Waals surface area contributed by atoms with Crippen molar-refractivity contribution >= 4 is 5.91 Å². The van der Waals surface area contributed by atoms with Crippen LogP contribution in [0.4, 0.5) is 0 Å². The van der Waals surface area contributed by atoms with Gasteiger partial charge >= 0.3 is 0 Å². The first-order chi connectivity index (χ1) is 13.1. The molecule has 1 saturated carbocycles. The van der Waals surface area contributed by atoms with E-state index in [1.54, 1.807) is 7.11 Å². The van der Waals surface area contributed by atoms with Gasteiger partial charge in [-0.2, -0.15) is 0 Å². The third kappa shape index (κ3) is 5.01. The van der Waals surface area contributed by atoms with Crippen LogP contribution in [0, 0.1) is 0 Å². The number of nitrogens with two attached hydrogens (primary N) is 1. The standard InChI is InChI=1S/C22H28N2O3/c1-26-20-14-18(15-24-21(25)22(23)12-6-3-7-13-22)10-11-19(20)27-16-17-8-4-2-5-9-17/h2,4-5,8-11,14H,3,6-7,12-13,15-16,23H2,1H3,(H,24,25). The molecule has 3 rings (SSSR count). The molecule has 1 aliphatic rings. The second kappa shape index (κ2) is 8.91. The van der Waals surface area contributed by atoms with Crippen LogP contribution in [0.1, 0.15) is 43.2 Å². The van der Waals surface area contributed by atoms with Gasteiger partial charge in [0.15, 0.2) is 11.5 Å². The van der Waals surface area contributed by atoms with E-state index in [2.05, 4.69) is 5.32 Å². The minimum Gasteiger partial charge on any atom is -0.493 e. The molecule has 0 heterocycles. The fraction of sp³-hybridized carbons (Fsp3) is 0.409. The second-order valence-corrected chi connectivity index (χ2v) is 7.16. The van der Waals surface area contributed by atoms with Crippen molar-refractivity contribution in [3.05, 3.63) is 59.7 Å². The molecule has 3 N–H and O–H groups in total. The average Bonchev–Trinajstić information content (AvgIpc) is 2.72. The van der Waals surface area contributed by atoms with Crippen LogP contribution in [0.15, 0.2) is 48.5 Å². The van der Waals surface area contributed by atoms with Gasteiger partial charge < -0.3 is 20.5 Å². The van der Waals surface area contributed by atoms with Crippen molar-refractivity contribution < 1.29 is 14.3 Å². The molecule has 0 spiro atoms. The summed E-state index contributed by atoms with van der Waals surface area (Å²) >= 11 is 0. The number of benzene rings is 2. The molecule has 27 heavy (non-hydrogen) atoms. The normalized spacial score (nSPS) is 15.8. The van der Waals surface area contributed by atoms with Gasteiger partial charge in [0.05, 0.1) is 12.6 Å². The summed E-state index contributed by atoms with van der Waals surface area (Å²) in [4.78, 5) is 12.5. The zero-order chi connectivity index (χ0) is 19.1. The third-order valence-corrected chi connectivity index (χ3v) is 5.12. The summed E-state index contributed by atoms with van der Waals surface area (Å²) < 4.78 is 11.3. The van der Waals surface area contributed by atoms with Crippen LogP contribution < -0.4 is 20.5 Å². The van der Waals surface area contributed by atoms with Crippen LogP contribution in [0.3, 0.4) is 0 Å².